The standard InChI is InChI=1S/C18H22N2O2S/c1-4-22-18(21)20-10-9-15(11-20)17-16(19-13(3)23-17)14-7-5-12(2)6-8-14/h5-8,15H,4,9-11H2,1-3H3. The molecular weight excluding hydrogens is 308 g/mol. The van der Waals surface area contributed by atoms with Crippen LogP contribution in [0.4, 0.5) is 4.79 Å². The van der Waals surface area contributed by atoms with Crippen LogP contribution in [0.25, 0.3) is 11.3 Å². The molecule has 0 N–H and O–H groups in total. The number of nitrogens with zero attached hydrogens (tertiary/aromatic N) is 2. The summed E-state index contributed by atoms with van der Waals surface area (Å²) in [6.07, 6.45) is 0.771. The minimum absolute atomic E-state index is 0.201. The number of aromatic nitrogens is 1. The fourth-order valence-corrected chi connectivity index (χ4v) is 4.07. The van der Waals surface area contributed by atoms with Crippen LogP contribution in [0, 0.1) is 13.8 Å². The summed E-state index contributed by atoms with van der Waals surface area (Å²) in [5.41, 5.74) is 3.48. The highest BCUT2D eigenvalue weighted by Crippen LogP contribution is 2.38. The van der Waals surface area contributed by atoms with Gasteiger partial charge in [-0.15, -0.1) is 11.3 Å². The minimum atomic E-state index is -0.201. The van der Waals surface area contributed by atoms with Gasteiger partial charge in [0.25, 0.3) is 0 Å². The van der Waals surface area contributed by atoms with Gasteiger partial charge in [-0.05, 0) is 27.2 Å². The zero-order valence-electron chi connectivity index (χ0n) is 13.8. The van der Waals surface area contributed by atoms with Gasteiger partial charge >= 0.3 is 6.09 Å². The predicted octanol–water partition coefficient (Wildman–Crippen LogP) is 4.37. The Bertz CT molecular complexity index is 694. The first-order valence-electron chi connectivity index (χ1n) is 8.04. The molecule has 1 aromatic heterocycles. The number of carbonyl (C=O) groups is 1. The lowest BCUT2D eigenvalue weighted by atomic mass is 10.0. The van der Waals surface area contributed by atoms with Crippen LogP contribution >= 0.6 is 11.3 Å². The third kappa shape index (κ3) is 3.39. The Kier molecular flexibility index (Phi) is 4.66. The number of likely N-dealkylation sites (tertiary alicyclic amines) is 1. The molecule has 0 bridgehead atoms. The lowest BCUT2D eigenvalue weighted by Crippen LogP contribution is -2.29. The van der Waals surface area contributed by atoms with Crippen molar-refractivity contribution in [2.75, 3.05) is 19.7 Å². The molecule has 5 heteroatoms. The van der Waals surface area contributed by atoms with Crippen molar-refractivity contribution < 1.29 is 9.53 Å². The van der Waals surface area contributed by atoms with Crippen molar-refractivity contribution in [1.29, 1.82) is 0 Å². The summed E-state index contributed by atoms with van der Waals surface area (Å²) in [6.45, 7) is 7.88. The first-order valence-corrected chi connectivity index (χ1v) is 8.86. The summed E-state index contributed by atoms with van der Waals surface area (Å²) < 4.78 is 5.12. The quantitative estimate of drug-likeness (QED) is 0.839. The highest BCUT2D eigenvalue weighted by Gasteiger charge is 2.31. The number of thiazole rings is 1. The lowest BCUT2D eigenvalue weighted by molar-refractivity contribution is 0.115. The number of rotatable bonds is 3. The zero-order chi connectivity index (χ0) is 16.4. The molecule has 4 nitrogen and oxygen atoms in total. The molecular formula is C18H22N2O2S. The molecule has 2 aromatic rings. The predicted molar refractivity (Wildman–Crippen MR) is 93.0 cm³/mol. The van der Waals surface area contributed by atoms with E-state index in [0.717, 1.165) is 35.8 Å². The van der Waals surface area contributed by atoms with E-state index in [1.165, 1.54) is 10.4 Å². The first kappa shape index (κ1) is 16.0. The molecule has 1 atom stereocenters. The maximum absolute atomic E-state index is 11.9. The Hall–Kier alpha value is -1.88. The third-order valence-electron chi connectivity index (χ3n) is 4.17. The van der Waals surface area contributed by atoms with Gasteiger partial charge in [-0.1, -0.05) is 29.8 Å². The van der Waals surface area contributed by atoms with Crippen LogP contribution in [0.15, 0.2) is 24.3 Å². The van der Waals surface area contributed by atoms with Crippen LogP contribution in [-0.2, 0) is 4.74 Å². The summed E-state index contributed by atoms with van der Waals surface area (Å²) >= 11 is 1.75. The molecule has 1 amide bonds. The number of benzene rings is 1. The molecule has 0 spiro atoms. The first-order chi connectivity index (χ1) is 11.1. The molecule has 2 heterocycles. The van der Waals surface area contributed by atoms with Crippen LogP contribution in [-0.4, -0.2) is 35.7 Å². The minimum Gasteiger partial charge on any atom is -0.450 e. The third-order valence-corrected chi connectivity index (χ3v) is 5.30. The Balaban J connectivity index is 1.84. The second-order valence-electron chi connectivity index (χ2n) is 5.94. The molecule has 1 aromatic carbocycles. The molecule has 1 aliphatic heterocycles. The monoisotopic (exact) mass is 330 g/mol. The molecule has 1 fully saturated rings. The van der Waals surface area contributed by atoms with Gasteiger partial charge in [0, 0.05) is 29.4 Å². The van der Waals surface area contributed by atoms with Crippen molar-refractivity contribution >= 4 is 17.4 Å². The number of amides is 1. The molecule has 23 heavy (non-hydrogen) atoms. The summed E-state index contributed by atoms with van der Waals surface area (Å²) in [5.74, 6) is 0.349. The van der Waals surface area contributed by atoms with Gasteiger partial charge in [-0.2, -0.15) is 0 Å². The number of carbonyl (C=O) groups excluding carboxylic acids is 1. The van der Waals surface area contributed by atoms with Crippen molar-refractivity contribution in [1.82, 2.24) is 9.88 Å². The fraction of sp³-hybridized carbons (Fsp3) is 0.444. The molecule has 122 valence electrons. The van der Waals surface area contributed by atoms with E-state index in [9.17, 15) is 4.79 Å². The Morgan fingerprint density at radius 2 is 2.09 bits per heavy atom. The largest absolute Gasteiger partial charge is 0.450 e. The molecule has 0 saturated carbocycles. The lowest BCUT2D eigenvalue weighted by Gasteiger charge is -2.15. The van der Waals surface area contributed by atoms with Crippen molar-refractivity contribution in [3.8, 4) is 11.3 Å². The van der Waals surface area contributed by atoms with Gasteiger partial charge in [-0.25, -0.2) is 9.78 Å². The van der Waals surface area contributed by atoms with Crippen molar-refractivity contribution in [3.63, 3.8) is 0 Å². The van der Waals surface area contributed by atoms with Crippen LogP contribution in [0.3, 0.4) is 0 Å². The topological polar surface area (TPSA) is 42.4 Å². The van der Waals surface area contributed by atoms with E-state index in [1.54, 1.807) is 11.3 Å². The van der Waals surface area contributed by atoms with Gasteiger partial charge in [0.15, 0.2) is 0 Å². The van der Waals surface area contributed by atoms with Gasteiger partial charge in [0.2, 0.25) is 0 Å². The number of ether oxygens (including phenoxy) is 1. The Morgan fingerprint density at radius 3 is 2.78 bits per heavy atom. The molecule has 3 rings (SSSR count). The van der Waals surface area contributed by atoms with Crippen molar-refractivity contribution in [2.24, 2.45) is 0 Å². The van der Waals surface area contributed by atoms with Crippen molar-refractivity contribution in [3.05, 3.63) is 39.7 Å². The molecule has 1 unspecified atom stereocenters. The van der Waals surface area contributed by atoms with Gasteiger partial charge in [-0.3, -0.25) is 0 Å². The number of hydrogen-bond acceptors (Lipinski definition) is 4. The maximum Gasteiger partial charge on any atom is 0.409 e. The van der Waals surface area contributed by atoms with Gasteiger partial charge in [0.1, 0.15) is 0 Å². The second-order valence-corrected chi connectivity index (χ2v) is 7.18. The zero-order valence-corrected chi connectivity index (χ0v) is 14.7. The average Bonchev–Trinajstić information content (AvgIpc) is 3.15. The summed E-state index contributed by atoms with van der Waals surface area (Å²) in [7, 11) is 0. The molecule has 0 aliphatic carbocycles. The van der Waals surface area contributed by atoms with Crippen LogP contribution in [0.1, 0.15) is 34.7 Å². The van der Waals surface area contributed by atoms with E-state index in [4.69, 9.17) is 9.72 Å². The SMILES string of the molecule is CCOC(=O)N1CCC(c2sc(C)nc2-c2ccc(C)cc2)C1. The van der Waals surface area contributed by atoms with E-state index in [0.29, 0.717) is 12.5 Å². The van der Waals surface area contributed by atoms with E-state index < -0.39 is 0 Å². The van der Waals surface area contributed by atoms with E-state index in [-0.39, 0.29) is 6.09 Å². The van der Waals surface area contributed by atoms with Gasteiger partial charge < -0.3 is 9.64 Å². The highest BCUT2D eigenvalue weighted by molar-refractivity contribution is 7.12. The van der Waals surface area contributed by atoms with Crippen LogP contribution in [0.5, 0.6) is 0 Å². The summed E-state index contributed by atoms with van der Waals surface area (Å²) in [6, 6.07) is 8.50. The Labute approximate surface area is 141 Å². The van der Waals surface area contributed by atoms with Gasteiger partial charge in [0.05, 0.1) is 17.3 Å². The molecule has 0 radical (unpaired) electrons. The Morgan fingerprint density at radius 1 is 1.35 bits per heavy atom. The average molecular weight is 330 g/mol. The second kappa shape index (κ2) is 6.71. The maximum atomic E-state index is 11.9. The van der Waals surface area contributed by atoms with E-state index in [2.05, 4.69) is 31.2 Å². The van der Waals surface area contributed by atoms with E-state index in [1.807, 2.05) is 18.7 Å². The molecule has 1 saturated heterocycles. The molecule has 1 aliphatic rings. The summed E-state index contributed by atoms with van der Waals surface area (Å²) in [5, 5.41) is 1.07. The summed E-state index contributed by atoms with van der Waals surface area (Å²) in [4.78, 5) is 19.8. The smallest absolute Gasteiger partial charge is 0.409 e. The van der Waals surface area contributed by atoms with Crippen LogP contribution in [0.2, 0.25) is 0 Å². The van der Waals surface area contributed by atoms with Crippen molar-refractivity contribution in [2.45, 2.75) is 33.1 Å². The van der Waals surface area contributed by atoms with Crippen LogP contribution < -0.4 is 0 Å². The normalized spacial score (nSPS) is 17.5. The number of aryl methyl sites for hydroxylation is 2. The van der Waals surface area contributed by atoms with E-state index >= 15 is 0 Å². The number of hydrogen-bond donors (Lipinski definition) is 0. The fourth-order valence-electron chi connectivity index (χ4n) is 2.99. The highest BCUT2D eigenvalue weighted by atomic mass is 32.1.